The van der Waals surface area contributed by atoms with Crippen LogP contribution in [0.5, 0.6) is 0 Å². The van der Waals surface area contributed by atoms with Crippen molar-refractivity contribution in [3.63, 3.8) is 0 Å². The van der Waals surface area contributed by atoms with E-state index >= 15 is 0 Å². The van der Waals surface area contributed by atoms with Crippen LogP contribution in [0.25, 0.3) is 22.6 Å². The van der Waals surface area contributed by atoms with Gasteiger partial charge in [0.1, 0.15) is 5.52 Å². The lowest BCUT2D eigenvalue weighted by Crippen LogP contribution is -1.78. The van der Waals surface area contributed by atoms with Crippen molar-refractivity contribution in [1.82, 2.24) is 4.98 Å². The highest BCUT2D eigenvalue weighted by Crippen LogP contribution is 2.30. The summed E-state index contributed by atoms with van der Waals surface area (Å²) in [5, 5.41) is 1.01. The number of aryl methyl sites for hydroxylation is 1. The van der Waals surface area contributed by atoms with E-state index in [1.165, 1.54) is 0 Å². The molecule has 0 amide bonds. The van der Waals surface area contributed by atoms with Crippen LogP contribution in [0.1, 0.15) is 5.56 Å². The van der Waals surface area contributed by atoms with E-state index in [9.17, 15) is 0 Å². The van der Waals surface area contributed by atoms with Gasteiger partial charge in [0.25, 0.3) is 0 Å². The van der Waals surface area contributed by atoms with Crippen LogP contribution in [0.2, 0.25) is 10.0 Å². The molecular weight excluding hydrogens is 269 g/mol. The first-order chi connectivity index (χ1) is 8.63. The molecule has 0 aliphatic heterocycles. The SMILES string of the molecule is Cc1ccc2oc(-c3ccc(Cl)c(Cl)c3)nc2c1. The van der Waals surface area contributed by atoms with Crippen molar-refractivity contribution in [3.05, 3.63) is 52.0 Å². The van der Waals surface area contributed by atoms with E-state index in [2.05, 4.69) is 4.98 Å². The lowest BCUT2D eigenvalue weighted by molar-refractivity contribution is 0.620. The topological polar surface area (TPSA) is 26.0 Å². The van der Waals surface area contributed by atoms with Crippen LogP contribution in [0, 0.1) is 6.92 Å². The first kappa shape index (κ1) is 11.6. The third-order valence-corrected chi connectivity index (χ3v) is 3.45. The maximum atomic E-state index is 5.99. The van der Waals surface area contributed by atoms with Gasteiger partial charge in [-0.15, -0.1) is 0 Å². The Balaban J connectivity index is 2.16. The Morgan fingerprint density at radius 3 is 2.61 bits per heavy atom. The van der Waals surface area contributed by atoms with Crippen LogP contribution in [0.3, 0.4) is 0 Å². The first-order valence-electron chi connectivity index (χ1n) is 5.46. The normalized spacial score (nSPS) is 11.1. The van der Waals surface area contributed by atoms with Crippen LogP contribution in [0.4, 0.5) is 0 Å². The van der Waals surface area contributed by atoms with E-state index in [4.69, 9.17) is 27.6 Å². The molecule has 1 aromatic heterocycles. The lowest BCUT2D eigenvalue weighted by Gasteiger charge is -1.97. The van der Waals surface area contributed by atoms with Crippen LogP contribution in [-0.4, -0.2) is 4.98 Å². The highest BCUT2D eigenvalue weighted by atomic mass is 35.5. The third-order valence-electron chi connectivity index (χ3n) is 2.71. The average Bonchev–Trinajstić information content (AvgIpc) is 2.75. The molecule has 0 fully saturated rings. The zero-order valence-electron chi connectivity index (χ0n) is 9.58. The van der Waals surface area contributed by atoms with Gasteiger partial charge in [-0.3, -0.25) is 0 Å². The molecule has 0 unspecified atom stereocenters. The predicted molar refractivity (Wildman–Crippen MR) is 74.2 cm³/mol. The van der Waals surface area contributed by atoms with Gasteiger partial charge >= 0.3 is 0 Å². The second-order valence-electron chi connectivity index (χ2n) is 4.12. The molecule has 0 bridgehead atoms. The van der Waals surface area contributed by atoms with Crippen molar-refractivity contribution in [2.75, 3.05) is 0 Å². The number of fused-ring (bicyclic) bond motifs is 1. The average molecular weight is 278 g/mol. The van der Waals surface area contributed by atoms with E-state index in [1.807, 2.05) is 31.2 Å². The molecule has 4 heteroatoms. The monoisotopic (exact) mass is 277 g/mol. The van der Waals surface area contributed by atoms with Gasteiger partial charge < -0.3 is 4.42 Å². The Hall–Kier alpha value is -1.51. The number of oxazole rings is 1. The summed E-state index contributed by atoms with van der Waals surface area (Å²) in [7, 11) is 0. The Labute approximate surface area is 114 Å². The molecule has 0 aliphatic carbocycles. The van der Waals surface area contributed by atoms with Crippen molar-refractivity contribution in [1.29, 1.82) is 0 Å². The fraction of sp³-hybridized carbons (Fsp3) is 0.0714. The first-order valence-corrected chi connectivity index (χ1v) is 6.22. The second-order valence-corrected chi connectivity index (χ2v) is 4.93. The van der Waals surface area contributed by atoms with Crippen LogP contribution in [0.15, 0.2) is 40.8 Å². The minimum atomic E-state index is 0.493. The van der Waals surface area contributed by atoms with Gasteiger partial charge in [-0.2, -0.15) is 0 Å². The molecule has 0 saturated carbocycles. The number of hydrogen-bond donors (Lipinski definition) is 0. The van der Waals surface area contributed by atoms with Crippen molar-refractivity contribution in [2.24, 2.45) is 0 Å². The molecule has 18 heavy (non-hydrogen) atoms. The van der Waals surface area contributed by atoms with Crippen molar-refractivity contribution in [3.8, 4) is 11.5 Å². The Kier molecular flexibility index (Phi) is 2.77. The Morgan fingerprint density at radius 2 is 1.83 bits per heavy atom. The van der Waals surface area contributed by atoms with E-state index in [1.54, 1.807) is 12.1 Å². The summed E-state index contributed by atoms with van der Waals surface area (Å²) in [6.45, 7) is 2.02. The lowest BCUT2D eigenvalue weighted by atomic mass is 10.2. The molecule has 2 aromatic carbocycles. The fourth-order valence-electron chi connectivity index (χ4n) is 1.79. The molecule has 0 aliphatic rings. The molecule has 0 spiro atoms. The van der Waals surface area contributed by atoms with Crippen molar-refractivity contribution >= 4 is 34.3 Å². The maximum absolute atomic E-state index is 5.99. The Bertz CT molecular complexity index is 734. The maximum Gasteiger partial charge on any atom is 0.227 e. The number of halogens is 2. The minimum absolute atomic E-state index is 0.493. The zero-order chi connectivity index (χ0) is 12.7. The molecule has 2 nitrogen and oxygen atoms in total. The van der Waals surface area contributed by atoms with Crippen LogP contribution >= 0.6 is 23.2 Å². The smallest absolute Gasteiger partial charge is 0.227 e. The van der Waals surface area contributed by atoms with Gasteiger partial charge in [-0.25, -0.2) is 4.98 Å². The molecular formula is C14H9Cl2NO. The molecule has 0 radical (unpaired) electrons. The molecule has 0 N–H and O–H groups in total. The summed E-state index contributed by atoms with van der Waals surface area (Å²) in [4.78, 5) is 4.45. The van der Waals surface area contributed by atoms with Crippen LogP contribution < -0.4 is 0 Å². The molecule has 90 valence electrons. The molecule has 3 rings (SSSR count). The number of benzene rings is 2. The molecule has 0 atom stereocenters. The standard InChI is InChI=1S/C14H9Cl2NO/c1-8-2-5-13-12(6-8)17-14(18-13)9-3-4-10(15)11(16)7-9/h2-7H,1H3. The van der Waals surface area contributed by atoms with E-state index in [0.717, 1.165) is 22.2 Å². The number of nitrogens with zero attached hydrogens (tertiary/aromatic N) is 1. The Morgan fingerprint density at radius 1 is 1.00 bits per heavy atom. The van der Waals surface area contributed by atoms with Gasteiger partial charge in [0.05, 0.1) is 10.0 Å². The fourth-order valence-corrected chi connectivity index (χ4v) is 2.09. The number of rotatable bonds is 1. The van der Waals surface area contributed by atoms with Gasteiger partial charge in [0, 0.05) is 5.56 Å². The summed E-state index contributed by atoms with van der Waals surface area (Å²) in [6, 6.07) is 11.2. The highest BCUT2D eigenvalue weighted by Gasteiger charge is 2.09. The van der Waals surface area contributed by atoms with E-state index < -0.39 is 0 Å². The van der Waals surface area contributed by atoms with Gasteiger partial charge in [-0.1, -0.05) is 29.3 Å². The number of hydrogen-bond acceptors (Lipinski definition) is 2. The zero-order valence-corrected chi connectivity index (χ0v) is 11.1. The van der Waals surface area contributed by atoms with Gasteiger partial charge in [0.2, 0.25) is 5.89 Å². The number of aromatic nitrogens is 1. The quantitative estimate of drug-likeness (QED) is 0.618. The summed E-state index contributed by atoms with van der Waals surface area (Å²) >= 11 is 11.9. The molecule has 3 aromatic rings. The van der Waals surface area contributed by atoms with Gasteiger partial charge in [0.15, 0.2) is 5.58 Å². The van der Waals surface area contributed by atoms with Crippen LogP contribution in [-0.2, 0) is 0 Å². The van der Waals surface area contributed by atoms with Crippen molar-refractivity contribution < 1.29 is 4.42 Å². The largest absolute Gasteiger partial charge is 0.436 e. The summed E-state index contributed by atoms with van der Waals surface area (Å²) in [5.41, 5.74) is 3.58. The molecule has 1 heterocycles. The summed E-state index contributed by atoms with van der Waals surface area (Å²) < 4.78 is 5.69. The minimum Gasteiger partial charge on any atom is -0.436 e. The van der Waals surface area contributed by atoms with Crippen molar-refractivity contribution in [2.45, 2.75) is 6.92 Å². The predicted octanol–water partition coefficient (Wildman–Crippen LogP) is 5.11. The van der Waals surface area contributed by atoms with Gasteiger partial charge in [-0.05, 0) is 42.8 Å². The van der Waals surface area contributed by atoms with E-state index in [0.29, 0.717) is 15.9 Å². The summed E-state index contributed by atoms with van der Waals surface area (Å²) in [6.07, 6.45) is 0. The third kappa shape index (κ3) is 1.98. The molecule has 0 saturated heterocycles. The summed E-state index contributed by atoms with van der Waals surface area (Å²) in [5.74, 6) is 0.550. The highest BCUT2D eigenvalue weighted by molar-refractivity contribution is 6.42. The second kappa shape index (κ2) is 4.30. The van der Waals surface area contributed by atoms with E-state index in [-0.39, 0.29) is 0 Å².